The van der Waals surface area contributed by atoms with Gasteiger partial charge in [-0.15, -0.1) is 0 Å². The van der Waals surface area contributed by atoms with E-state index in [1.54, 1.807) is 84.9 Å². The Hall–Kier alpha value is -6.42. The normalized spacial score (nSPS) is 13.9. The van der Waals surface area contributed by atoms with Gasteiger partial charge in [0, 0.05) is 43.8 Å². The highest BCUT2D eigenvalue weighted by Gasteiger charge is 2.39. The molecule has 2 aliphatic heterocycles. The van der Waals surface area contributed by atoms with Gasteiger partial charge >= 0.3 is 0 Å². The van der Waals surface area contributed by atoms with Gasteiger partial charge in [-0.3, -0.25) is 19.2 Å². The van der Waals surface area contributed by atoms with Crippen LogP contribution in [0.5, 0.6) is 23.0 Å². The number of anilines is 2. The molecule has 0 spiro atoms. The summed E-state index contributed by atoms with van der Waals surface area (Å²) in [4.78, 5) is 59.0. The average Bonchev–Trinajstić information content (AvgIpc) is 3.12. The van der Waals surface area contributed by atoms with Gasteiger partial charge in [0.1, 0.15) is 23.0 Å². The van der Waals surface area contributed by atoms with Gasteiger partial charge in [0.05, 0.1) is 50.6 Å². The molecule has 2 heterocycles. The number of hydrogen-bond donors (Lipinski definition) is 0. The van der Waals surface area contributed by atoms with E-state index in [-0.39, 0.29) is 0 Å². The van der Waals surface area contributed by atoms with Gasteiger partial charge in [-0.2, -0.15) is 0 Å². The first kappa shape index (κ1) is 29.0. The predicted octanol–water partition coefficient (Wildman–Crippen LogP) is 6.78. The van der Waals surface area contributed by atoms with Gasteiger partial charge in [0.2, 0.25) is 0 Å². The second kappa shape index (κ2) is 10.6. The number of nitrogens with zero attached hydrogens (tertiary/aromatic N) is 2. The van der Waals surface area contributed by atoms with E-state index < -0.39 is 23.6 Å². The van der Waals surface area contributed by atoms with Crippen LogP contribution in [0.1, 0.15) is 41.4 Å². The van der Waals surface area contributed by atoms with E-state index in [9.17, 15) is 19.2 Å². The van der Waals surface area contributed by atoms with Crippen LogP contribution >= 0.6 is 0 Å². The molecule has 48 heavy (non-hydrogen) atoms. The van der Waals surface area contributed by atoms with Crippen molar-refractivity contribution in [2.24, 2.45) is 0 Å². The summed E-state index contributed by atoms with van der Waals surface area (Å²) in [6.07, 6.45) is 0. The van der Waals surface area contributed by atoms with Crippen molar-refractivity contribution in [3.05, 3.63) is 107 Å². The van der Waals surface area contributed by atoms with E-state index in [1.807, 2.05) is 0 Å². The number of methoxy groups -OCH3 is 4. The highest BCUT2D eigenvalue weighted by molar-refractivity contribution is 6.40. The first-order valence-electron chi connectivity index (χ1n) is 15.0. The molecule has 8 rings (SSSR count). The van der Waals surface area contributed by atoms with E-state index in [2.05, 4.69) is 0 Å². The molecule has 6 aromatic rings. The smallest absolute Gasteiger partial charge is 0.266 e. The molecule has 0 atom stereocenters. The monoisotopic (exact) mass is 638 g/mol. The van der Waals surface area contributed by atoms with E-state index >= 15 is 0 Å². The highest BCUT2D eigenvalue weighted by Crippen LogP contribution is 2.46. The van der Waals surface area contributed by atoms with Crippen molar-refractivity contribution in [3.8, 4) is 23.0 Å². The van der Waals surface area contributed by atoms with E-state index in [0.29, 0.717) is 88.9 Å². The number of carbonyl (C=O) groups is 4. The number of hydrogen-bond acceptors (Lipinski definition) is 8. The van der Waals surface area contributed by atoms with E-state index in [0.717, 1.165) is 9.80 Å². The number of amides is 4. The third-order valence-corrected chi connectivity index (χ3v) is 9.14. The van der Waals surface area contributed by atoms with Crippen molar-refractivity contribution in [1.82, 2.24) is 0 Å². The number of imide groups is 2. The SMILES string of the molecule is COc1ccc2c3c(ccc(OC)c13)C(=O)N(c1ccc(N3C(=O)c4ccc(OC)c5c(OC)ccc(c45)C3=O)c3ccccc13)C2=O. The van der Waals surface area contributed by atoms with Crippen molar-refractivity contribution < 1.29 is 38.1 Å². The Morgan fingerprint density at radius 3 is 0.938 bits per heavy atom. The lowest BCUT2D eigenvalue weighted by atomic mass is 9.91. The third kappa shape index (κ3) is 3.74. The molecule has 0 saturated heterocycles. The van der Waals surface area contributed by atoms with Crippen molar-refractivity contribution in [3.63, 3.8) is 0 Å². The Kier molecular flexibility index (Phi) is 6.38. The largest absolute Gasteiger partial charge is 0.496 e. The lowest BCUT2D eigenvalue weighted by Gasteiger charge is -2.31. The summed E-state index contributed by atoms with van der Waals surface area (Å²) < 4.78 is 22.2. The zero-order chi connectivity index (χ0) is 33.4. The Labute approximate surface area is 273 Å². The van der Waals surface area contributed by atoms with Crippen LogP contribution in [0.4, 0.5) is 11.4 Å². The Morgan fingerprint density at radius 2 is 0.667 bits per heavy atom. The molecule has 0 radical (unpaired) electrons. The van der Waals surface area contributed by atoms with Crippen molar-refractivity contribution in [2.75, 3.05) is 38.2 Å². The highest BCUT2D eigenvalue weighted by atomic mass is 16.5. The summed E-state index contributed by atoms with van der Waals surface area (Å²) in [5.41, 5.74) is 1.86. The minimum absolute atomic E-state index is 0.309. The number of rotatable bonds is 6. The summed E-state index contributed by atoms with van der Waals surface area (Å²) in [7, 11) is 6.06. The molecule has 0 aliphatic carbocycles. The molecule has 0 saturated carbocycles. The maximum absolute atomic E-state index is 14.2. The molecule has 2 aliphatic rings. The second-order valence-corrected chi connectivity index (χ2v) is 11.3. The molecule has 0 fully saturated rings. The molecule has 0 aromatic heterocycles. The van der Waals surface area contributed by atoms with Gasteiger partial charge in [-0.25, -0.2) is 9.80 Å². The third-order valence-electron chi connectivity index (χ3n) is 9.14. The predicted molar refractivity (Wildman–Crippen MR) is 180 cm³/mol. The zero-order valence-electron chi connectivity index (χ0n) is 26.2. The lowest BCUT2D eigenvalue weighted by Crippen LogP contribution is -2.41. The standard InChI is InChI=1S/C38H26N2O8/c1-45-27-15-9-21-31-22(10-16-28(46-2)33(27)31)36(42)39(35(21)41)25-13-14-26(20-8-6-5-7-19(20)25)40-37(43)23-11-17-29(47-3)34-30(48-4)18-12-24(32(23)34)38(40)44/h5-18H,1-4H3. The van der Waals surface area contributed by atoms with Crippen LogP contribution in [0.25, 0.3) is 32.3 Å². The van der Waals surface area contributed by atoms with E-state index in [1.165, 1.54) is 28.4 Å². The first-order chi connectivity index (χ1) is 23.3. The lowest BCUT2D eigenvalue weighted by molar-refractivity contribution is 0.0877. The molecule has 0 unspecified atom stereocenters. The summed E-state index contributed by atoms with van der Waals surface area (Å²) in [5, 5.41) is 2.96. The van der Waals surface area contributed by atoms with Gasteiger partial charge in [0.15, 0.2) is 0 Å². The van der Waals surface area contributed by atoms with Crippen LogP contribution in [0.15, 0.2) is 84.9 Å². The fourth-order valence-corrected chi connectivity index (χ4v) is 7.02. The van der Waals surface area contributed by atoms with Crippen molar-refractivity contribution >= 4 is 67.3 Å². The van der Waals surface area contributed by atoms with Crippen LogP contribution in [0.3, 0.4) is 0 Å². The molecule has 0 N–H and O–H groups in total. The van der Waals surface area contributed by atoms with Crippen LogP contribution in [-0.4, -0.2) is 52.1 Å². The van der Waals surface area contributed by atoms with Crippen molar-refractivity contribution in [2.45, 2.75) is 0 Å². The molecular formula is C38H26N2O8. The molecular weight excluding hydrogens is 612 g/mol. The molecule has 10 nitrogen and oxygen atoms in total. The molecule has 236 valence electrons. The maximum Gasteiger partial charge on any atom is 0.266 e. The van der Waals surface area contributed by atoms with Gasteiger partial charge in [-0.05, 0) is 60.7 Å². The maximum atomic E-state index is 14.2. The molecule has 6 aromatic carbocycles. The van der Waals surface area contributed by atoms with Crippen LogP contribution in [-0.2, 0) is 0 Å². The van der Waals surface area contributed by atoms with Crippen LogP contribution < -0.4 is 28.7 Å². The van der Waals surface area contributed by atoms with Gasteiger partial charge in [-0.1, -0.05) is 24.3 Å². The topological polar surface area (TPSA) is 112 Å². The van der Waals surface area contributed by atoms with E-state index in [4.69, 9.17) is 18.9 Å². The second-order valence-electron chi connectivity index (χ2n) is 11.3. The summed E-state index contributed by atoms with van der Waals surface area (Å²) >= 11 is 0. The first-order valence-corrected chi connectivity index (χ1v) is 15.0. The molecule has 0 bridgehead atoms. The fraction of sp³-hybridized carbons (Fsp3) is 0.105. The molecule has 4 amide bonds. The number of fused-ring (bicyclic) bond motifs is 1. The van der Waals surface area contributed by atoms with Crippen LogP contribution in [0, 0.1) is 0 Å². The zero-order valence-corrected chi connectivity index (χ0v) is 26.2. The van der Waals surface area contributed by atoms with Crippen LogP contribution in [0.2, 0.25) is 0 Å². The number of carbonyl (C=O) groups excluding carboxylic acids is 4. The minimum Gasteiger partial charge on any atom is -0.496 e. The summed E-state index contributed by atoms with van der Waals surface area (Å²) in [6, 6.07) is 23.5. The minimum atomic E-state index is -0.528. The Balaban J connectivity index is 1.29. The molecule has 10 heteroatoms. The van der Waals surface area contributed by atoms with Gasteiger partial charge < -0.3 is 18.9 Å². The number of ether oxygens (including phenoxy) is 4. The Morgan fingerprint density at radius 1 is 0.375 bits per heavy atom. The van der Waals surface area contributed by atoms with Crippen molar-refractivity contribution in [1.29, 1.82) is 0 Å². The Bertz CT molecular complexity index is 2160. The fourth-order valence-electron chi connectivity index (χ4n) is 7.02. The average molecular weight is 639 g/mol. The summed E-state index contributed by atoms with van der Waals surface area (Å²) in [5.74, 6) is -0.218. The quantitative estimate of drug-likeness (QED) is 0.184. The van der Waals surface area contributed by atoms with Gasteiger partial charge in [0.25, 0.3) is 23.6 Å². The summed E-state index contributed by atoms with van der Waals surface area (Å²) in [6.45, 7) is 0. The number of benzene rings is 6.